The van der Waals surface area contributed by atoms with Gasteiger partial charge in [-0.25, -0.2) is 4.68 Å². The topological polar surface area (TPSA) is 77.6 Å². The molecule has 0 saturated heterocycles. The summed E-state index contributed by atoms with van der Waals surface area (Å²) in [7, 11) is 0. The van der Waals surface area contributed by atoms with Gasteiger partial charge in [-0.15, -0.1) is 10.2 Å². The summed E-state index contributed by atoms with van der Waals surface area (Å²) in [5.41, 5.74) is -0.0411. The van der Waals surface area contributed by atoms with Crippen LogP contribution in [0.2, 0.25) is 0 Å². The molecule has 0 atom stereocenters. The van der Waals surface area contributed by atoms with Gasteiger partial charge in [0, 0.05) is 25.2 Å². The highest BCUT2D eigenvalue weighted by molar-refractivity contribution is 5.92. The van der Waals surface area contributed by atoms with Crippen LogP contribution in [0.15, 0.2) is 18.6 Å². The highest BCUT2D eigenvalue weighted by atomic mass is 19.3. The Morgan fingerprint density at radius 1 is 1.43 bits per heavy atom. The third kappa shape index (κ3) is 3.61. The summed E-state index contributed by atoms with van der Waals surface area (Å²) in [6, 6.07) is 1.48. The van der Waals surface area contributed by atoms with E-state index in [1.165, 1.54) is 6.07 Å². The zero-order chi connectivity index (χ0) is 15.4. The third-order valence-electron chi connectivity index (χ3n) is 2.88. The second-order valence-electron chi connectivity index (χ2n) is 4.71. The van der Waals surface area contributed by atoms with Crippen LogP contribution < -0.4 is 5.32 Å². The Bertz CT molecular complexity index is 606. The summed E-state index contributed by atoms with van der Waals surface area (Å²) in [5.74, 6) is 0.258. The van der Waals surface area contributed by atoms with E-state index in [9.17, 15) is 13.6 Å². The Morgan fingerprint density at radius 2 is 2.19 bits per heavy atom. The van der Waals surface area contributed by atoms with Gasteiger partial charge in [-0.1, -0.05) is 0 Å². The maximum Gasteiger partial charge on any atom is 0.333 e. The van der Waals surface area contributed by atoms with Gasteiger partial charge in [-0.2, -0.15) is 13.9 Å². The molecule has 0 fully saturated rings. The quantitative estimate of drug-likeness (QED) is 0.875. The van der Waals surface area contributed by atoms with Gasteiger partial charge in [0.15, 0.2) is 0 Å². The predicted octanol–water partition coefficient (Wildman–Crippen LogP) is 1.42. The summed E-state index contributed by atoms with van der Waals surface area (Å²) < 4.78 is 27.0. The maximum absolute atomic E-state index is 12.4. The molecule has 0 saturated carbocycles. The number of aromatic nitrogens is 5. The molecule has 2 rings (SSSR count). The maximum atomic E-state index is 12.4. The zero-order valence-electron chi connectivity index (χ0n) is 11.7. The smallest absolute Gasteiger partial charge is 0.333 e. The van der Waals surface area contributed by atoms with Gasteiger partial charge in [-0.05, 0) is 19.9 Å². The van der Waals surface area contributed by atoms with E-state index in [-0.39, 0.29) is 11.7 Å². The van der Waals surface area contributed by atoms with Crippen LogP contribution in [0, 0.1) is 0 Å². The van der Waals surface area contributed by atoms with Crippen LogP contribution in [0.4, 0.5) is 8.78 Å². The highest BCUT2D eigenvalue weighted by Crippen LogP contribution is 2.09. The molecule has 2 aromatic heterocycles. The van der Waals surface area contributed by atoms with Crippen molar-refractivity contribution in [2.24, 2.45) is 0 Å². The molecule has 1 amide bonds. The molecule has 0 unspecified atom stereocenters. The summed E-state index contributed by atoms with van der Waals surface area (Å²) in [4.78, 5) is 11.8. The van der Waals surface area contributed by atoms with Gasteiger partial charge < -0.3 is 9.88 Å². The number of nitrogens with zero attached hydrogens (tertiary/aromatic N) is 5. The lowest BCUT2D eigenvalue weighted by atomic mass is 10.3. The first-order valence-corrected chi connectivity index (χ1v) is 6.49. The molecular weight excluding hydrogens is 282 g/mol. The number of nitrogens with one attached hydrogen (secondary N) is 1. The van der Waals surface area contributed by atoms with Gasteiger partial charge in [0.1, 0.15) is 17.8 Å². The summed E-state index contributed by atoms with van der Waals surface area (Å²) >= 11 is 0. The molecule has 21 heavy (non-hydrogen) atoms. The molecule has 7 nitrogen and oxygen atoms in total. The van der Waals surface area contributed by atoms with Crippen LogP contribution in [0.25, 0.3) is 0 Å². The molecule has 0 aliphatic carbocycles. The number of halogens is 2. The van der Waals surface area contributed by atoms with E-state index in [1.54, 1.807) is 6.33 Å². The normalized spacial score (nSPS) is 11.3. The summed E-state index contributed by atoms with van der Waals surface area (Å²) in [5, 5.41) is 13.9. The van der Waals surface area contributed by atoms with Crippen molar-refractivity contribution in [3.05, 3.63) is 30.1 Å². The van der Waals surface area contributed by atoms with Crippen LogP contribution in [0.3, 0.4) is 0 Å². The third-order valence-corrected chi connectivity index (χ3v) is 2.88. The second-order valence-corrected chi connectivity index (χ2v) is 4.71. The monoisotopic (exact) mass is 298 g/mol. The lowest BCUT2D eigenvalue weighted by Gasteiger charge is -2.09. The molecule has 9 heteroatoms. The first-order chi connectivity index (χ1) is 9.99. The fourth-order valence-electron chi connectivity index (χ4n) is 1.82. The Balaban J connectivity index is 1.88. The van der Waals surface area contributed by atoms with Crippen LogP contribution >= 0.6 is 0 Å². The molecule has 0 aliphatic heterocycles. The van der Waals surface area contributed by atoms with Gasteiger partial charge in [0.2, 0.25) is 0 Å². The molecule has 2 aromatic rings. The predicted molar refractivity (Wildman–Crippen MR) is 69.9 cm³/mol. The molecule has 0 spiro atoms. The van der Waals surface area contributed by atoms with Crippen LogP contribution in [-0.4, -0.2) is 37.0 Å². The molecule has 0 aromatic carbocycles. The summed E-state index contributed by atoms with van der Waals surface area (Å²) in [6.45, 7) is 1.58. The van der Waals surface area contributed by atoms with E-state index in [0.717, 1.165) is 12.0 Å². The van der Waals surface area contributed by atoms with Crippen molar-refractivity contribution >= 4 is 5.91 Å². The number of amides is 1. The van der Waals surface area contributed by atoms with E-state index in [0.29, 0.717) is 17.6 Å². The van der Waals surface area contributed by atoms with Gasteiger partial charge >= 0.3 is 6.55 Å². The fourth-order valence-corrected chi connectivity index (χ4v) is 1.82. The van der Waals surface area contributed by atoms with Crippen molar-refractivity contribution in [3.63, 3.8) is 0 Å². The Morgan fingerprint density at radius 3 is 2.81 bits per heavy atom. The first kappa shape index (κ1) is 15.1. The SMILES string of the molecule is CC(C)n1cnnc1CCNC(=O)c1ccn(C(F)F)n1. The van der Waals surface area contributed by atoms with Crippen LogP contribution in [0.1, 0.15) is 42.8 Å². The highest BCUT2D eigenvalue weighted by Gasteiger charge is 2.13. The van der Waals surface area contributed by atoms with Gasteiger partial charge in [0.25, 0.3) is 5.91 Å². The molecule has 0 bridgehead atoms. The number of hydrogen-bond donors (Lipinski definition) is 1. The standard InChI is InChI=1S/C12H16F2N6O/c1-8(2)19-7-16-17-10(19)3-5-15-11(21)9-4-6-20(18-9)12(13)14/h4,6-8,12H,3,5H2,1-2H3,(H,15,21). The van der Waals surface area contributed by atoms with E-state index in [2.05, 4.69) is 20.6 Å². The number of carbonyl (C=O) groups is 1. The van der Waals surface area contributed by atoms with Crippen molar-refractivity contribution in [2.45, 2.75) is 32.9 Å². The van der Waals surface area contributed by atoms with E-state index in [1.807, 2.05) is 18.4 Å². The van der Waals surface area contributed by atoms with Crippen LogP contribution in [0.5, 0.6) is 0 Å². The first-order valence-electron chi connectivity index (χ1n) is 6.49. The molecule has 114 valence electrons. The van der Waals surface area contributed by atoms with Crippen molar-refractivity contribution in [1.29, 1.82) is 0 Å². The summed E-state index contributed by atoms with van der Waals surface area (Å²) in [6.07, 6.45) is 3.20. The molecule has 0 aliphatic rings. The largest absolute Gasteiger partial charge is 0.350 e. The average Bonchev–Trinajstić information content (AvgIpc) is 3.07. The Kier molecular flexibility index (Phi) is 4.61. The van der Waals surface area contributed by atoms with E-state index < -0.39 is 12.5 Å². The number of rotatable bonds is 6. The van der Waals surface area contributed by atoms with Crippen molar-refractivity contribution in [1.82, 2.24) is 29.9 Å². The van der Waals surface area contributed by atoms with Gasteiger partial charge in [-0.3, -0.25) is 4.79 Å². The minimum Gasteiger partial charge on any atom is -0.350 e. The van der Waals surface area contributed by atoms with E-state index >= 15 is 0 Å². The lowest BCUT2D eigenvalue weighted by molar-refractivity contribution is 0.0560. The molecule has 2 heterocycles. The second kappa shape index (κ2) is 6.42. The minimum atomic E-state index is -2.75. The average molecular weight is 298 g/mol. The molecule has 0 radical (unpaired) electrons. The number of carbonyl (C=O) groups excluding carboxylic acids is 1. The van der Waals surface area contributed by atoms with Crippen molar-refractivity contribution in [2.75, 3.05) is 6.54 Å². The van der Waals surface area contributed by atoms with Gasteiger partial charge in [0.05, 0.1) is 0 Å². The number of alkyl halides is 2. The minimum absolute atomic E-state index is 0.0411. The van der Waals surface area contributed by atoms with E-state index in [4.69, 9.17) is 0 Å². The fraction of sp³-hybridized carbons (Fsp3) is 0.500. The Labute approximate surface area is 120 Å². The van der Waals surface area contributed by atoms with Crippen molar-refractivity contribution < 1.29 is 13.6 Å². The lowest BCUT2D eigenvalue weighted by Crippen LogP contribution is -2.27. The zero-order valence-corrected chi connectivity index (χ0v) is 11.7. The van der Waals surface area contributed by atoms with Crippen molar-refractivity contribution in [3.8, 4) is 0 Å². The van der Waals surface area contributed by atoms with Crippen LogP contribution in [-0.2, 0) is 6.42 Å². The molecular formula is C12H16F2N6O. The number of hydrogen-bond acceptors (Lipinski definition) is 4. The Hall–Kier alpha value is -2.32. The molecule has 1 N–H and O–H groups in total.